The lowest BCUT2D eigenvalue weighted by Crippen LogP contribution is -2.36. The molecule has 3 rings (SSSR count). The molecule has 152 valence electrons. The van der Waals surface area contributed by atoms with Gasteiger partial charge in [-0.1, -0.05) is 42.5 Å². The Morgan fingerprint density at radius 3 is 2.34 bits per heavy atom. The molecule has 3 N–H and O–H groups in total. The van der Waals surface area contributed by atoms with Crippen molar-refractivity contribution in [1.29, 1.82) is 0 Å². The van der Waals surface area contributed by atoms with Crippen molar-refractivity contribution in [2.75, 3.05) is 11.9 Å². The summed E-state index contributed by atoms with van der Waals surface area (Å²) in [7, 11) is 0. The van der Waals surface area contributed by atoms with Crippen LogP contribution in [0.5, 0.6) is 0 Å². The minimum absolute atomic E-state index is 0. The van der Waals surface area contributed by atoms with Gasteiger partial charge in [-0.2, -0.15) is 0 Å². The Morgan fingerprint density at radius 2 is 1.69 bits per heavy atom. The Morgan fingerprint density at radius 1 is 0.931 bits per heavy atom. The van der Waals surface area contributed by atoms with Crippen LogP contribution in [0.15, 0.2) is 82.4 Å². The number of rotatable bonds is 7. The Balaban J connectivity index is 0.00000300. The number of hydrogen-bond donors (Lipinski definition) is 3. The zero-order chi connectivity index (χ0) is 19.6. The maximum Gasteiger partial charge on any atom is 0.291 e. The van der Waals surface area contributed by atoms with Gasteiger partial charge in [0.2, 0.25) is 0 Å². The van der Waals surface area contributed by atoms with E-state index in [2.05, 4.69) is 33.1 Å². The van der Waals surface area contributed by atoms with Gasteiger partial charge in [-0.25, -0.2) is 4.99 Å². The van der Waals surface area contributed by atoms with E-state index in [0.717, 1.165) is 29.3 Å². The minimum Gasteiger partial charge on any atom is -0.459 e. The lowest BCUT2D eigenvalue weighted by Gasteiger charge is -2.12. The standard InChI is InChI=1S/C22H24N4O2.HI/c1-2-23-22(24-15-17-7-4-3-5-8-17)25-16-18-10-12-19(13-11-18)26-21(27)20-9-6-14-28-20;/h3-14H,2,15-16H2,1H3,(H,26,27)(H2,23,24,25);1H. The Bertz CT molecular complexity index is 894. The normalized spacial score (nSPS) is 10.7. The number of carbonyl (C=O) groups is 1. The van der Waals surface area contributed by atoms with Crippen LogP contribution < -0.4 is 16.0 Å². The van der Waals surface area contributed by atoms with E-state index in [9.17, 15) is 4.79 Å². The average molecular weight is 504 g/mol. The van der Waals surface area contributed by atoms with Gasteiger partial charge in [-0.05, 0) is 42.3 Å². The summed E-state index contributed by atoms with van der Waals surface area (Å²) in [5.41, 5.74) is 2.97. The van der Waals surface area contributed by atoms with E-state index in [1.165, 1.54) is 6.26 Å². The van der Waals surface area contributed by atoms with Gasteiger partial charge >= 0.3 is 0 Å². The van der Waals surface area contributed by atoms with Gasteiger partial charge in [0.1, 0.15) is 0 Å². The van der Waals surface area contributed by atoms with Crippen molar-refractivity contribution in [2.24, 2.45) is 4.99 Å². The molecule has 0 saturated carbocycles. The lowest BCUT2D eigenvalue weighted by molar-refractivity contribution is 0.0996. The first-order valence-corrected chi connectivity index (χ1v) is 9.24. The number of anilines is 1. The van der Waals surface area contributed by atoms with Crippen molar-refractivity contribution in [3.05, 3.63) is 89.9 Å². The second kappa shape index (κ2) is 11.9. The van der Waals surface area contributed by atoms with Crippen molar-refractivity contribution >= 4 is 41.5 Å². The molecule has 0 aliphatic rings. The third-order valence-electron chi connectivity index (χ3n) is 4.02. The van der Waals surface area contributed by atoms with Crippen molar-refractivity contribution in [2.45, 2.75) is 20.0 Å². The average Bonchev–Trinajstić information content (AvgIpc) is 3.27. The Labute approximate surface area is 187 Å². The summed E-state index contributed by atoms with van der Waals surface area (Å²) < 4.78 is 5.09. The smallest absolute Gasteiger partial charge is 0.291 e. The SMILES string of the molecule is CCNC(=NCc1ccccc1)NCc1ccc(NC(=O)c2ccco2)cc1.I. The number of amides is 1. The van der Waals surface area contributed by atoms with E-state index in [1.54, 1.807) is 12.1 Å². The molecule has 0 radical (unpaired) electrons. The van der Waals surface area contributed by atoms with Crippen LogP contribution in [0, 0.1) is 0 Å². The number of halogens is 1. The van der Waals surface area contributed by atoms with Crippen LogP contribution in [0.4, 0.5) is 5.69 Å². The second-order valence-corrected chi connectivity index (χ2v) is 6.16. The molecular weight excluding hydrogens is 479 g/mol. The zero-order valence-electron chi connectivity index (χ0n) is 16.2. The van der Waals surface area contributed by atoms with Crippen molar-refractivity contribution < 1.29 is 9.21 Å². The molecule has 2 aromatic carbocycles. The molecular formula is C22H25IN4O2. The van der Waals surface area contributed by atoms with Crippen LogP contribution >= 0.6 is 24.0 Å². The molecule has 0 aliphatic carbocycles. The fraction of sp³-hybridized carbons (Fsp3) is 0.182. The van der Waals surface area contributed by atoms with Gasteiger partial charge in [0, 0.05) is 18.8 Å². The van der Waals surface area contributed by atoms with Gasteiger partial charge in [0.15, 0.2) is 11.7 Å². The number of nitrogens with zero attached hydrogens (tertiary/aromatic N) is 1. The molecule has 6 nitrogen and oxygen atoms in total. The third-order valence-corrected chi connectivity index (χ3v) is 4.02. The summed E-state index contributed by atoms with van der Waals surface area (Å²) in [4.78, 5) is 16.6. The number of furan rings is 1. The molecule has 0 atom stereocenters. The summed E-state index contributed by atoms with van der Waals surface area (Å²) in [6.45, 7) is 4.08. The van der Waals surface area contributed by atoms with Gasteiger partial charge in [-0.3, -0.25) is 4.79 Å². The van der Waals surface area contributed by atoms with E-state index in [4.69, 9.17) is 4.42 Å². The van der Waals surface area contributed by atoms with Gasteiger partial charge in [0.05, 0.1) is 12.8 Å². The van der Waals surface area contributed by atoms with E-state index < -0.39 is 0 Å². The summed E-state index contributed by atoms with van der Waals surface area (Å²) >= 11 is 0. The molecule has 0 unspecified atom stereocenters. The topological polar surface area (TPSA) is 78.7 Å². The van der Waals surface area contributed by atoms with Crippen molar-refractivity contribution in [3.8, 4) is 0 Å². The van der Waals surface area contributed by atoms with Crippen LogP contribution in [-0.2, 0) is 13.1 Å². The molecule has 7 heteroatoms. The third kappa shape index (κ3) is 7.26. The molecule has 1 heterocycles. The fourth-order valence-electron chi connectivity index (χ4n) is 2.59. The molecule has 1 aromatic heterocycles. The number of carbonyl (C=O) groups excluding carboxylic acids is 1. The first-order chi connectivity index (χ1) is 13.7. The van der Waals surface area contributed by atoms with Crippen LogP contribution in [-0.4, -0.2) is 18.4 Å². The maximum absolute atomic E-state index is 12.0. The molecule has 0 fully saturated rings. The van der Waals surface area contributed by atoms with Crippen LogP contribution in [0.25, 0.3) is 0 Å². The number of guanidine groups is 1. The highest BCUT2D eigenvalue weighted by Gasteiger charge is 2.08. The number of hydrogen-bond acceptors (Lipinski definition) is 3. The Kier molecular flexibility index (Phi) is 9.23. The first kappa shape index (κ1) is 22.5. The Hall–Kier alpha value is -2.81. The lowest BCUT2D eigenvalue weighted by atomic mass is 10.2. The quantitative estimate of drug-likeness (QED) is 0.253. The molecule has 29 heavy (non-hydrogen) atoms. The van der Waals surface area contributed by atoms with Crippen LogP contribution in [0.3, 0.4) is 0 Å². The highest BCUT2D eigenvalue weighted by atomic mass is 127. The van der Waals surface area contributed by atoms with Crippen LogP contribution in [0.2, 0.25) is 0 Å². The number of benzene rings is 2. The fourth-order valence-corrected chi connectivity index (χ4v) is 2.59. The molecule has 0 saturated heterocycles. The number of nitrogens with one attached hydrogen (secondary N) is 3. The summed E-state index contributed by atoms with van der Waals surface area (Å²) in [6.07, 6.45) is 1.48. The van der Waals surface area contributed by atoms with Crippen LogP contribution in [0.1, 0.15) is 28.6 Å². The molecule has 0 spiro atoms. The monoisotopic (exact) mass is 504 g/mol. The van der Waals surface area contributed by atoms with E-state index in [1.807, 2.05) is 49.4 Å². The zero-order valence-corrected chi connectivity index (χ0v) is 18.6. The summed E-state index contributed by atoms with van der Waals surface area (Å²) in [5.74, 6) is 0.788. The summed E-state index contributed by atoms with van der Waals surface area (Å²) in [5, 5.41) is 9.38. The molecule has 3 aromatic rings. The number of aliphatic imine (C=N–C) groups is 1. The van der Waals surface area contributed by atoms with Gasteiger partial charge in [-0.15, -0.1) is 24.0 Å². The van der Waals surface area contributed by atoms with Gasteiger partial charge in [0.25, 0.3) is 5.91 Å². The first-order valence-electron chi connectivity index (χ1n) is 9.24. The van der Waals surface area contributed by atoms with E-state index in [0.29, 0.717) is 13.1 Å². The molecule has 0 aliphatic heterocycles. The molecule has 1 amide bonds. The second-order valence-electron chi connectivity index (χ2n) is 6.16. The van der Waals surface area contributed by atoms with E-state index in [-0.39, 0.29) is 35.6 Å². The van der Waals surface area contributed by atoms with Crippen molar-refractivity contribution in [1.82, 2.24) is 10.6 Å². The highest BCUT2D eigenvalue weighted by molar-refractivity contribution is 14.0. The minimum atomic E-state index is -0.265. The predicted octanol–water partition coefficient (Wildman–Crippen LogP) is 4.41. The largest absolute Gasteiger partial charge is 0.459 e. The maximum atomic E-state index is 12.0. The van der Waals surface area contributed by atoms with Crippen molar-refractivity contribution in [3.63, 3.8) is 0 Å². The molecule has 0 bridgehead atoms. The highest BCUT2D eigenvalue weighted by Crippen LogP contribution is 2.12. The summed E-state index contributed by atoms with van der Waals surface area (Å²) in [6, 6.07) is 21.1. The van der Waals surface area contributed by atoms with Gasteiger partial charge < -0.3 is 20.4 Å². The predicted molar refractivity (Wildman–Crippen MR) is 127 cm³/mol. The van der Waals surface area contributed by atoms with E-state index >= 15 is 0 Å².